The number of nitrogens with two attached hydrogens (primary N) is 1. The summed E-state index contributed by atoms with van der Waals surface area (Å²) in [6, 6.07) is 0.376. The molecule has 98 valence electrons. The molecule has 4 nitrogen and oxygen atoms in total. The Morgan fingerprint density at radius 3 is 2.53 bits per heavy atom. The van der Waals surface area contributed by atoms with Crippen molar-refractivity contribution in [1.82, 2.24) is 5.32 Å². The number of hydrogen-bond acceptors (Lipinski definition) is 3. The van der Waals surface area contributed by atoms with Gasteiger partial charge >= 0.3 is 0 Å². The first kappa shape index (κ1) is 12.8. The standard InChI is InChI=1S/C13H24N2O2/c1-9-2-7-12(17-9)13(16)15-8-10-3-5-11(14)6-4-10/h9-12H,2-8,14H2,1H3,(H,15,16). The van der Waals surface area contributed by atoms with Gasteiger partial charge in [0.25, 0.3) is 0 Å². The molecule has 17 heavy (non-hydrogen) atoms. The highest BCUT2D eigenvalue weighted by atomic mass is 16.5. The molecule has 0 aromatic carbocycles. The quantitative estimate of drug-likeness (QED) is 0.779. The molecule has 1 heterocycles. The third kappa shape index (κ3) is 3.68. The fourth-order valence-electron chi connectivity index (χ4n) is 2.75. The number of hydrogen-bond donors (Lipinski definition) is 2. The molecule has 2 unspecified atom stereocenters. The molecule has 0 radical (unpaired) electrons. The van der Waals surface area contributed by atoms with Gasteiger partial charge in [0.15, 0.2) is 0 Å². The molecular weight excluding hydrogens is 216 g/mol. The Hall–Kier alpha value is -0.610. The molecule has 1 saturated carbocycles. The van der Waals surface area contributed by atoms with Crippen molar-refractivity contribution in [3.05, 3.63) is 0 Å². The largest absolute Gasteiger partial charge is 0.365 e. The highest BCUT2D eigenvalue weighted by Crippen LogP contribution is 2.23. The van der Waals surface area contributed by atoms with Crippen molar-refractivity contribution in [2.45, 2.75) is 63.7 Å². The van der Waals surface area contributed by atoms with Gasteiger partial charge in [0.2, 0.25) is 5.91 Å². The molecule has 0 bridgehead atoms. The van der Waals surface area contributed by atoms with Crippen molar-refractivity contribution >= 4 is 5.91 Å². The zero-order valence-electron chi connectivity index (χ0n) is 10.7. The number of amides is 1. The van der Waals surface area contributed by atoms with Crippen LogP contribution < -0.4 is 11.1 Å². The minimum Gasteiger partial charge on any atom is -0.365 e. The first-order valence-electron chi connectivity index (χ1n) is 6.84. The fraction of sp³-hybridized carbons (Fsp3) is 0.923. The van der Waals surface area contributed by atoms with Gasteiger partial charge in [-0.3, -0.25) is 4.79 Å². The summed E-state index contributed by atoms with van der Waals surface area (Å²) in [7, 11) is 0. The molecule has 1 saturated heterocycles. The Labute approximate surface area is 103 Å². The molecule has 2 atom stereocenters. The monoisotopic (exact) mass is 240 g/mol. The molecule has 0 spiro atoms. The molecule has 2 rings (SSSR count). The van der Waals surface area contributed by atoms with Crippen LogP contribution >= 0.6 is 0 Å². The lowest BCUT2D eigenvalue weighted by Gasteiger charge is -2.26. The van der Waals surface area contributed by atoms with Crippen LogP contribution in [0.2, 0.25) is 0 Å². The molecule has 0 aromatic heterocycles. The second kappa shape index (κ2) is 5.83. The number of carbonyl (C=O) groups excluding carboxylic acids is 1. The predicted octanol–water partition coefficient (Wildman–Crippen LogP) is 1.19. The maximum atomic E-state index is 11.8. The smallest absolute Gasteiger partial charge is 0.249 e. The summed E-state index contributed by atoms with van der Waals surface area (Å²) in [5.41, 5.74) is 5.86. The Morgan fingerprint density at radius 2 is 1.94 bits per heavy atom. The van der Waals surface area contributed by atoms with Crippen LogP contribution in [-0.4, -0.2) is 30.7 Å². The van der Waals surface area contributed by atoms with Crippen LogP contribution in [0, 0.1) is 5.92 Å². The molecule has 2 aliphatic rings. The van der Waals surface area contributed by atoms with Crippen molar-refractivity contribution in [2.75, 3.05) is 6.54 Å². The Kier molecular flexibility index (Phi) is 4.40. The summed E-state index contributed by atoms with van der Waals surface area (Å²) in [6.07, 6.45) is 6.36. The molecule has 4 heteroatoms. The summed E-state index contributed by atoms with van der Waals surface area (Å²) in [6.45, 7) is 2.82. The SMILES string of the molecule is CC1CCC(C(=O)NCC2CCC(N)CC2)O1. The van der Waals surface area contributed by atoms with Crippen LogP contribution in [0.15, 0.2) is 0 Å². The number of carbonyl (C=O) groups is 1. The van der Waals surface area contributed by atoms with Gasteiger partial charge in [-0.1, -0.05) is 0 Å². The lowest BCUT2D eigenvalue weighted by molar-refractivity contribution is -0.131. The van der Waals surface area contributed by atoms with Crippen LogP contribution in [0.1, 0.15) is 45.4 Å². The average molecular weight is 240 g/mol. The van der Waals surface area contributed by atoms with Crippen LogP contribution in [0.5, 0.6) is 0 Å². The number of ether oxygens (including phenoxy) is 1. The van der Waals surface area contributed by atoms with E-state index in [2.05, 4.69) is 5.32 Å². The van der Waals surface area contributed by atoms with Gasteiger partial charge in [0.05, 0.1) is 6.10 Å². The number of rotatable bonds is 3. The third-order valence-electron chi connectivity index (χ3n) is 3.98. The van der Waals surface area contributed by atoms with E-state index in [4.69, 9.17) is 10.5 Å². The molecule has 1 amide bonds. The maximum absolute atomic E-state index is 11.8. The first-order valence-corrected chi connectivity index (χ1v) is 6.84. The van der Waals surface area contributed by atoms with Crippen molar-refractivity contribution in [2.24, 2.45) is 11.7 Å². The van der Waals surface area contributed by atoms with Gasteiger partial charge in [0.1, 0.15) is 6.10 Å². The minimum atomic E-state index is -0.212. The zero-order chi connectivity index (χ0) is 12.3. The lowest BCUT2D eigenvalue weighted by atomic mass is 9.86. The summed E-state index contributed by atoms with van der Waals surface area (Å²) >= 11 is 0. The highest BCUT2D eigenvalue weighted by molar-refractivity contribution is 5.80. The van der Waals surface area contributed by atoms with E-state index in [0.29, 0.717) is 12.0 Å². The van der Waals surface area contributed by atoms with E-state index in [9.17, 15) is 4.79 Å². The maximum Gasteiger partial charge on any atom is 0.249 e. The lowest BCUT2D eigenvalue weighted by Crippen LogP contribution is -2.39. The fourth-order valence-corrected chi connectivity index (χ4v) is 2.75. The predicted molar refractivity (Wildman–Crippen MR) is 66.5 cm³/mol. The van der Waals surface area contributed by atoms with E-state index in [-0.39, 0.29) is 18.1 Å². The van der Waals surface area contributed by atoms with Crippen LogP contribution in [-0.2, 0) is 9.53 Å². The Bertz CT molecular complexity index is 262. The second-order valence-electron chi connectivity index (χ2n) is 5.54. The van der Waals surface area contributed by atoms with E-state index < -0.39 is 0 Å². The molecule has 1 aliphatic heterocycles. The summed E-state index contributed by atoms with van der Waals surface area (Å²) in [5, 5.41) is 3.02. The third-order valence-corrected chi connectivity index (χ3v) is 3.98. The highest BCUT2D eigenvalue weighted by Gasteiger charge is 2.28. The van der Waals surface area contributed by atoms with E-state index >= 15 is 0 Å². The summed E-state index contributed by atoms with van der Waals surface area (Å²) in [5.74, 6) is 0.682. The second-order valence-corrected chi connectivity index (χ2v) is 5.54. The van der Waals surface area contributed by atoms with Gasteiger partial charge in [-0.15, -0.1) is 0 Å². The van der Waals surface area contributed by atoms with Gasteiger partial charge in [0, 0.05) is 12.6 Å². The van der Waals surface area contributed by atoms with Crippen molar-refractivity contribution in [3.63, 3.8) is 0 Å². The molecular formula is C13H24N2O2. The van der Waals surface area contributed by atoms with Gasteiger partial charge in [-0.05, 0) is 51.4 Å². The van der Waals surface area contributed by atoms with Gasteiger partial charge in [-0.2, -0.15) is 0 Å². The van der Waals surface area contributed by atoms with Crippen LogP contribution in [0.4, 0.5) is 0 Å². The first-order chi connectivity index (χ1) is 8.15. The molecule has 0 aromatic rings. The van der Waals surface area contributed by atoms with Gasteiger partial charge in [-0.25, -0.2) is 0 Å². The van der Waals surface area contributed by atoms with Gasteiger partial charge < -0.3 is 15.8 Å². The topological polar surface area (TPSA) is 64.4 Å². The van der Waals surface area contributed by atoms with Crippen LogP contribution in [0.25, 0.3) is 0 Å². The average Bonchev–Trinajstić information content (AvgIpc) is 2.75. The molecule has 3 N–H and O–H groups in total. The van der Waals surface area contributed by atoms with E-state index in [1.165, 1.54) is 0 Å². The van der Waals surface area contributed by atoms with E-state index in [0.717, 1.165) is 45.1 Å². The Morgan fingerprint density at radius 1 is 1.24 bits per heavy atom. The van der Waals surface area contributed by atoms with Crippen molar-refractivity contribution in [3.8, 4) is 0 Å². The zero-order valence-corrected chi connectivity index (χ0v) is 10.7. The normalized spacial score (nSPS) is 38.0. The Balaban J connectivity index is 1.66. The molecule has 1 aliphatic carbocycles. The van der Waals surface area contributed by atoms with E-state index in [1.807, 2.05) is 6.92 Å². The van der Waals surface area contributed by atoms with Crippen molar-refractivity contribution < 1.29 is 9.53 Å². The van der Waals surface area contributed by atoms with Crippen molar-refractivity contribution in [1.29, 1.82) is 0 Å². The van der Waals surface area contributed by atoms with E-state index in [1.54, 1.807) is 0 Å². The number of nitrogens with one attached hydrogen (secondary N) is 1. The molecule has 2 fully saturated rings. The minimum absolute atomic E-state index is 0.0734. The summed E-state index contributed by atoms with van der Waals surface area (Å²) < 4.78 is 5.55. The van der Waals surface area contributed by atoms with Crippen LogP contribution in [0.3, 0.4) is 0 Å². The summed E-state index contributed by atoms with van der Waals surface area (Å²) in [4.78, 5) is 11.8.